The normalized spacial score (nSPS) is 12.7. The molecule has 1 aromatic carbocycles. The Morgan fingerprint density at radius 3 is 2.85 bits per heavy atom. The molecule has 0 fully saturated rings. The predicted octanol–water partition coefficient (Wildman–Crippen LogP) is 2.83. The van der Waals surface area contributed by atoms with Crippen LogP contribution in [0.5, 0.6) is 0 Å². The highest BCUT2D eigenvalue weighted by atomic mass is 16.2. The van der Waals surface area contributed by atoms with Crippen LogP contribution in [-0.4, -0.2) is 34.6 Å². The standard InChI is InChI=1S/C20H19N5O/c1-21-20(26)25-11-8-15-12-14(5-6-18(15)25)13-19-23-10-7-17(24-19)16-4-2-3-9-22-16/h2-7,9-10,12H,8,11,13H2,1H3,(H,21,26). The van der Waals surface area contributed by atoms with E-state index >= 15 is 0 Å². The van der Waals surface area contributed by atoms with Gasteiger partial charge in [0.1, 0.15) is 5.82 Å². The molecule has 1 aliphatic rings. The van der Waals surface area contributed by atoms with Gasteiger partial charge in [-0.3, -0.25) is 9.88 Å². The third-order valence-electron chi connectivity index (χ3n) is 4.49. The van der Waals surface area contributed by atoms with Gasteiger partial charge in [0.15, 0.2) is 0 Å². The Bertz CT molecular complexity index is 942. The van der Waals surface area contributed by atoms with Gasteiger partial charge in [0.2, 0.25) is 0 Å². The Labute approximate surface area is 151 Å². The van der Waals surface area contributed by atoms with Crippen molar-refractivity contribution in [1.29, 1.82) is 0 Å². The van der Waals surface area contributed by atoms with Gasteiger partial charge in [-0.15, -0.1) is 0 Å². The topological polar surface area (TPSA) is 71.0 Å². The van der Waals surface area contributed by atoms with Crippen LogP contribution in [0, 0.1) is 0 Å². The van der Waals surface area contributed by atoms with Gasteiger partial charge >= 0.3 is 6.03 Å². The minimum absolute atomic E-state index is 0.0668. The average Bonchev–Trinajstić information content (AvgIpc) is 3.11. The van der Waals surface area contributed by atoms with Crippen LogP contribution in [-0.2, 0) is 12.8 Å². The molecule has 1 N–H and O–H groups in total. The summed E-state index contributed by atoms with van der Waals surface area (Å²) in [5, 5.41) is 2.69. The van der Waals surface area contributed by atoms with Crippen molar-refractivity contribution < 1.29 is 4.79 Å². The number of anilines is 1. The second-order valence-corrected chi connectivity index (χ2v) is 6.17. The van der Waals surface area contributed by atoms with Crippen molar-refractivity contribution >= 4 is 11.7 Å². The lowest BCUT2D eigenvalue weighted by Gasteiger charge is -2.16. The maximum atomic E-state index is 11.9. The van der Waals surface area contributed by atoms with Crippen LogP contribution in [0.1, 0.15) is 17.0 Å². The molecule has 0 saturated carbocycles. The number of amides is 2. The summed E-state index contributed by atoms with van der Waals surface area (Å²) in [6.45, 7) is 0.712. The fourth-order valence-corrected chi connectivity index (χ4v) is 3.23. The van der Waals surface area contributed by atoms with E-state index in [1.165, 1.54) is 5.56 Å². The number of urea groups is 1. The fourth-order valence-electron chi connectivity index (χ4n) is 3.23. The molecule has 3 heterocycles. The van der Waals surface area contributed by atoms with E-state index < -0.39 is 0 Å². The lowest BCUT2D eigenvalue weighted by molar-refractivity contribution is 0.248. The summed E-state index contributed by atoms with van der Waals surface area (Å²) in [5.41, 5.74) is 4.97. The van der Waals surface area contributed by atoms with Gasteiger partial charge < -0.3 is 5.32 Å². The molecule has 0 bridgehead atoms. The minimum Gasteiger partial charge on any atom is -0.341 e. The number of pyridine rings is 1. The highest BCUT2D eigenvalue weighted by Crippen LogP contribution is 2.29. The molecule has 2 aromatic heterocycles. The quantitative estimate of drug-likeness (QED) is 0.792. The minimum atomic E-state index is -0.0668. The van der Waals surface area contributed by atoms with Crippen LogP contribution < -0.4 is 10.2 Å². The summed E-state index contributed by atoms with van der Waals surface area (Å²) in [6, 6.07) is 13.8. The molecule has 130 valence electrons. The van der Waals surface area contributed by atoms with E-state index in [2.05, 4.69) is 26.3 Å². The van der Waals surface area contributed by atoms with E-state index in [-0.39, 0.29) is 6.03 Å². The molecular weight excluding hydrogens is 326 g/mol. The second kappa shape index (κ2) is 6.92. The zero-order valence-corrected chi connectivity index (χ0v) is 14.5. The van der Waals surface area contributed by atoms with Gasteiger partial charge in [0.05, 0.1) is 11.4 Å². The van der Waals surface area contributed by atoms with Gasteiger partial charge in [-0.1, -0.05) is 18.2 Å². The lowest BCUT2D eigenvalue weighted by Crippen LogP contribution is -2.36. The van der Waals surface area contributed by atoms with Crippen LogP contribution in [0.25, 0.3) is 11.4 Å². The van der Waals surface area contributed by atoms with Crippen LogP contribution in [0.15, 0.2) is 54.9 Å². The molecule has 4 rings (SSSR count). The first-order valence-corrected chi connectivity index (χ1v) is 8.59. The van der Waals surface area contributed by atoms with Crippen molar-refractivity contribution in [2.24, 2.45) is 0 Å². The number of hydrogen-bond donors (Lipinski definition) is 1. The van der Waals surface area contributed by atoms with E-state index in [4.69, 9.17) is 0 Å². The Morgan fingerprint density at radius 1 is 1.12 bits per heavy atom. The van der Waals surface area contributed by atoms with Crippen molar-refractivity contribution in [2.45, 2.75) is 12.8 Å². The molecule has 0 saturated heterocycles. The number of hydrogen-bond acceptors (Lipinski definition) is 4. The highest BCUT2D eigenvalue weighted by molar-refractivity contribution is 5.94. The second-order valence-electron chi connectivity index (χ2n) is 6.17. The molecule has 6 heteroatoms. The van der Waals surface area contributed by atoms with Gasteiger partial charge in [-0.2, -0.15) is 0 Å². The Hall–Kier alpha value is -3.28. The zero-order chi connectivity index (χ0) is 17.9. The lowest BCUT2D eigenvalue weighted by atomic mass is 10.1. The summed E-state index contributed by atoms with van der Waals surface area (Å²) in [6.07, 6.45) is 5.04. The average molecular weight is 345 g/mol. The van der Waals surface area contributed by atoms with Crippen molar-refractivity contribution in [3.05, 3.63) is 71.8 Å². The van der Waals surface area contributed by atoms with Gasteiger partial charge in [-0.05, 0) is 41.8 Å². The van der Waals surface area contributed by atoms with E-state index in [0.29, 0.717) is 13.0 Å². The third-order valence-corrected chi connectivity index (χ3v) is 4.49. The number of rotatable bonds is 3. The summed E-state index contributed by atoms with van der Waals surface area (Å²) in [5.74, 6) is 0.759. The SMILES string of the molecule is CNC(=O)N1CCc2cc(Cc3nccc(-c4ccccn4)n3)ccc21. The van der Waals surface area contributed by atoms with Gasteiger partial charge in [-0.25, -0.2) is 14.8 Å². The number of carbonyl (C=O) groups excluding carboxylic acids is 1. The van der Waals surface area contributed by atoms with Crippen molar-refractivity contribution in [3.8, 4) is 11.4 Å². The highest BCUT2D eigenvalue weighted by Gasteiger charge is 2.23. The van der Waals surface area contributed by atoms with Gasteiger partial charge in [0, 0.05) is 38.1 Å². The van der Waals surface area contributed by atoms with Crippen LogP contribution in [0.4, 0.5) is 10.5 Å². The predicted molar refractivity (Wildman–Crippen MR) is 100 cm³/mol. The van der Waals surface area contributed by atoms with E-state index in [0.717, 1.165) is 34.9 Å². The molecule has 26 heavy (non-hydrogen) atoms. The Morgan fingerprint density at radius 2 is 2.04 bits per heavy atom. The number of nitrogens with zero attached hydrogens (tertiary/aromatic N) is 4. The maximum absolute atomic E-state index is 11.9. The summed E-state index contributed by atoms with van der Waals surface area (Å²) < 4.78 is 0. The Balaban J connectivity index is 1.57. The molecule has 6 nitrogen and oxygen atoms in total. The zero-order valence-electron chi connectivity index (χ0n) is 14.5. The molecule has 0 spiro atoms. The summed E-state index contributed by atoms with van der Waals surface area (Å²) in [4.78, 5) is 27.1. The largest absolute Gasteiger partial charge is 0.341 e. The molecule has 0 unspecified atom stereocenters. The first-order valence-electron chi connectivity index (χ1n) is 8.59. The number of nitrogens with one attached hydrogen (secondary N) is 1. The Kier molecular flexibility index (Phi) is 4.31. The molecule has 0 atom stereocenters. The number of carbonyl (C=O) groups is 1. The molecular formula is C20H19N5O. The smallest absolute Gasteiger partial charge is 0.321 e. The van der Waals surface area contributed by atoms with Crippen molar-refractivity contribution in [1.82, 2.24) is 20.3 Å². The summed E-state index contributed by atoms with van der Waals surface area (Å²) >= 11 is 0. The van der Waals surface area contributed by atoms with E-state index in [1.54, 1.807) is 24.3 Å². The third kappa shape index (κ3) is 3.13. The van der Waals surface area contributed by atoms with E-state index in [9.17, 15) is 4.79 Å². The molecule has 1 aliphatic heterocycles. The van der Waals surface area contributed by atoms with Crippen molar-refractivity contribution in [2.75, 3.05) is 18.5 Å². The van der Waals surface area contributed by atoms with Crippen LogP contribution in [0.2, 0.25) is 0 Å². The van der Waals surface area contributed by atoms with E-state index in [1.807, 2.05) is 36.4 Å². The first kappa shape index (κ1) is 16.2. The molecule has 0 aliphatic carbocycles. The first-order chi connectivity index (χ1) is 12.7. The van der Waals surface area contributed by atoms with Crippen LogP contribution >= 0.6 is 0 Å². The number of benzene rings is 1. The molecule has 2 amide bonds. The number of fused-ring (bicyclic) bond motifs is 1. The summed E-state index contributed by atoms with van der Waals surface area (Å²) in [7, 11) is 1.65. The van der Waals surface area contributed by atoms with Gasteiger partial charge in [0.25, 0.3) is 0 Å². The fraction of sp³-hybridized carbons (Fsp3) is 0.200. The monoisotopic (exact) mass is 345 g/mol. The van der Waals surface area contributed by atoms with Crippen molar-refractivity contribution in [3.63, 3.8) is 0 Å². The maximum Gasteiger partial charge on any atom is 0.321 e. The molecule has 0 radical (unpaired) electrons. The number of aromatic nitrogens is 3. The van der Waals surface area contributed by atoms with Crippen LogP contribution in [0.3, 0.4) is 0 Å². The molecule has 3 aromatic rings.